The minimum Gasteiger partial charge on any atom is -0.468 e. The van der Waals surface area contributed by atoms with Gasteiger partial charge in [0, 0.05) is 0 Å². The van der Waals surface area contributed by atoms with E-state index < -0.39 is 31.7 Å². The second kappa shape index (κ2) is 7.63. The van der Waals surface area contributed by atoms with Crippen LogP contribution in [0.15, 0.2) is 0 Å². The number of ether oxygens (including phenoxy) is 1. The van der Waals surface area contributed by atoms with Crippen LogP contribution in [-0.2, 0) is 19.6 Å². The first kappa shape index (κ1) is 18.9. The highest BCUT2D eigenvalue weighted by Gasteiger charge is 2.27. The molecule has 19 heavy (non-hydrogen) atoms. The number of alkyl halides is 3. The Balaban J connectivity index is 4.62. The lowest BCUT2D eigenvalue weighted by Crippen LogP contribution is -2.46. The first-order valence-electron chi connectivity index (χ1n) is 4.50. The van der Waals surface area contributed by atoms with Crippen LogP contribution in [0.4, 0.5) is 4.79 Å². The van der Waals surface area contributed by atoms with Crippen molar-refractivity contribution < 1.29 is 22.7 Å². The van der Waals surface area contributed by atoms with E-state index in [1.807, 2.05) is 0 Å². The molecule has 0 aromatic heterocycles. The molecule has 0 aromatic carbocycles. The molecule has 0 bridgehead atoms. The average Bonchev–Trinajstić information content (AvgIpc) is 2.21. The highest BCUT2D eigenvalue weighted by molar-refractivity contribution is 8.04. The number of methoxy groups -OCH3 is 1. The summed E-state index contributed by atoms with van der Waals surface area (Å²) in [6.45, 7) is -0.737. The van der Waals surface area contributed by atoms with Crippen LogP contribution < -0.4 is 5.32 Å². The van der Waals surface area contributed by atoms with Gasteiger partial charge in [-0.05, 0) is 0 Å². The molecule has 2 amide bonds. The van der Waals surface area contributed by atoms with E-state index in [-0.39, 0.29) is 5.88 Å². The second-order valence-corrected chi connectivity index (χ2v) is 9.11. The number of hydrogen-bond acceptors (Lipinski definition) is 6. The number of sulfonamides is 1. The van der Waals surface area contributed by atoms with Crippen LogP contribution in [0.3, 0.4) is 0 Å². The van der Waals surface area contributed by atoms with Gasteiger partial charge in [0.15, 0.2) is 0 Å². The normalized spacial score (nSPS) is 11.8. The fourth-order valence-corrected chi connectivity index (χ4v) is 2.35. The lowest BCUT2D eigenvalue weighted by Gasteiger charge is -2.20. The van der Waals surface area contributed by atoms with E-state index in [0.717, 1.165) is 25.1 Å². The van der Waals surface area contributed by atoms with Crippen LogP contribution in [0, 0.1) is 0 Å². The fraction of sp³-hybridized carbons (Fsp3) is 0.714. The van der Waals surface area contributed by atoms with E-state index in [0.29, 0.717) is 4.31 Å². The van der Waals surface area contributed by atoms with Crippen molar-refractivity contribution in [2.24, 2.45) is 0 Å². The van der Waals surface area contributed by atoms with E-state index >= 15 is 0 Å². The van der Waals surface area contributed by atoms with Gasteiger partial charge in [0.2, 0.25) is 13.1 Å². The number of esters is 1. The molecule has 0 fully saturated rings. The summed E-state index contributed by atoms with van der Waals surface area (Å²) in [5.74, 6) is -1.03. The van der Waals surface area contributed by atoms with Gasteiger partial charge in [-0.1, -0.05) is 46.6 Å². The van der Waals surface area contributed by atoms with Gasteiger partial charge in [-0.2, -0.15) is 0 Å². The second-order valence-electron chi connectivity index (χ2n) is 3.06. The maximum Gasteiger partial charge on any atom is 0.332 e. The van der Waals surface area contributed by atoms with Gasteiger partial charge in [0.1, 0.15) is 6.54 Å². The van der Waals surface area contributed by atoms with E-state index in [1.165, 1.54) is 0 Å². The number of nitrogens with one attached hydrogen (secondary N) is 1. The molecule has 0 radical (unpaired) electrons. The maximum atomic E-state index is 11.6. The molecule has 0 saturated heterocycles. The fourth-order valence-electron chi connectivity index (χ4n) is 0.789. The zero-order chi connectivity index (χ0) is 15.3. The van der Waals surface area contributed by atoms with Gasteiger partial charge in [-0.25, -0.2) is 17.5 Å². The first-order chi connectivity index (χ1) is 8.47. The molecule has 7 nitrogen and oxygen atoms in total. The molecule has 0 aromatic rings. The van der Waals surface area contributed by atoms with Crippen LogP contribution >= 0.6 is 46.6 Å². The Kier molecular flexibility index (Phi) is 7.59. The monoisotopic (exact) mass is 372 g/mol. The number of carbonyl (C=O) groups is 2. The maximum absolute atomic E-state index is 11.6. The van der Waals surface area contributed by atoms with Crippen LogP contribution in [0.1, 0.15) is 0 Å². The predicted molar refractivity (Wildman–Crippen MR) is 74.8 cm³/mol. The molecular formula is C7H11Cl3N2O5S2. The summed E-state index contributed by atoms with van der Waals surface area (Å²) in [5.41, 5.74) is 0. The Labute approximate surface area is 129 Å². The Morgan fingerprint density at radius 1 is 1.37 bits per heavy atom. The van der Waals surface area contributed by atoms with Crippen molar-refractivity contribution in [3.8, 4) is 0 Å². The average molecular weight is 374 g/mol. The number of thioether (sulfide) groups is 1. The molecule has 12 heteroatoms. The third-order valence-corrected chi connectivity index (χ3v) is 4.28. The van der Waals surface area contributed by atoms with Gasteiger partial charge in [-0.3, -0.25) is 4.79 Å². The molecule has 1 N–H and O–H groups in total. The van der Waals surface area contributed by atoms with E-state index in [9.17, 15) is 18.0 Å². The molecule has 0 spiro atoms. The van der Waals surface area contributed by atoms with Crippen LogP contribution in [0.2, 0.25) is 0 Å². The molecule has 0 saturated carbocycles. The Hall–Kier alpha value is -0.0900. The molecule has 112 valence electrons. The molecular weight excluding hydrogens is 363 g/mol. The summed E-state index contributed by atoms with van der Waals surface area (Å²) in [5, 5.41) is 2.18. The quantitative estimate of drug-likeness (QED) is 0.441. The van der Waals surface area contributed by atoms with E-state index in [2.05, 4.69) is 10.1 Å². The van der Waals surface area contributed by atoms with Gasteiger partial charge >= 0.3 is 12.0 Å². The number of amides is 2. The van der Waals surface area contributed by atoms with Crippen molar-refractivity contribution in [2.45, 2.75) is 3.12 Å². The van der Waals surface area contributed by atoms with Gasteiger partial charge in [-0.15, -0.1) is 0 Å². The molecule has 0 aliphatic carbocycles. The molecule has 0 rings (SSSR count). The number of urea groups is 1. The zero-order valence-corrected chi connectivity index (χ0v) is 13.8. The third-order valence-electron chi connectivity index (χ3n) is 1.59. The Morgan fingerprint density at radius 3 is 2.26 bits per heavy atom. The first-order valence-corrected chi connectivity index (χ1v) is 8.47. The summed E-state index contributed by atoms with van der Waals surface area (Å²) < 4.78 is 25.7. The molecule has 0 atom stereocenters. The Morgan fingerprint density at radius 2 is 1.89 bits per heavy atom. The van der Waals surface area contributed by atoms with Gasteiger partial charge < -0.3 is 10.1 Å². The lowest BCUT2D eigenvalue weighted by molar-refractivity contribution is -0.140. The summed E-state index contributed by atoms with van der Waals surface area (Å²) in [6, 6.07) is -1.02. The predicted octanol–water partition coefficient (Wildman–Crippen LogP) is 1.15. The number of hydrogen-bond donors (Lipinski definition) is 1. The smallest absolute Gasteiger partial charge is 0.332 e. The van der Waals surface area contributed by atoms with Crippen molar-refractivity contribution in [3.63, 3.8) is 0 Å². The number of nitrogens with zero attached hydrogens (tertiary/aromatic N) is 1. The van der Waals surface area contributed by atoms with Crippen molar-refractivity contribution in [3.05, 3.63) is 0 Å². The number of rotatable bonds is 5. The third kappa shape index (κ3) is 8.64. The van der Waals surface area contributed by atoms with Gasteiger partial charge in [0.05, 0.1) is 19.2 Å². The topological polar surface area (TPSA) is 92.8 Å². The standard InChI is InChI=1S/C7H11Cl3N2O5S2/c1-17-5(13)3-12(19(2,15)16)6(14)11-4-18-7(8,9)10/h3-4H2,1-2H3,(H,11,14). The molecule has 0 aliphatic heterocycles. The summed E-state index contributed by atoms with van der Waals surface area (Å²) >= 11 is 17.0. The summed E-state index contributed by atoms with van der Waals surface area (Å²) in [4.78, 5) is 22.6. The highest BCUT2D eigenvalue weighted by Crippen LogP contribution is 2.37. The summed E-state index contributed by atoms with van der Waals surface area (Å²) in [7, 11) is -2.85. The molecule has 0 unspecified atom stereocenters. The number of carbonyl (C=O) groups excluding carboxylic acids is 2. The van der Waals surface area contributed by atoms with Crippen molar-refractivity contribution in [1.82, 2.24) is 9.62 Å². The van der Waals surface area contributed by atoms with Crippen molar-refractivity contribution in [1.29, 1.82) is 0 Å². The lowest BCUT2D eigenvalue weighted by atomic mass is 10.6. The zero-order valence-electron chi connectivity index (χ0n) is 9.85. The van der Waals surface area contributed by atoms with Crippen molar-refractivity contribution in [2.75, 3.05) is 25.8 Å². The SMILES string of the molecule is COC(=O)CN(C(=O)NCSC(Cl)(Cl)Cl)S(C)(=O)=O. The van der Waals surface area contributed by atoms with Crippen molar-refractivity contribution >= 4 is 68.6 Å². The van der Waals surface area contributed by atoms with Gasteiger partial charge in [0.25, 0.3) is 0 Å². The van der Waals surface area contributed by atoms with Crippen LogP contribution in [0.25, 0.3) is 0 Å². The largest absolute Gasteiger partial charge is 0.468 e. The molecule has 0 heterocycles. The van der Waals surface area contributed by atoms with Crippen LogP contribution in [-0.4, -0.2) is 53.6 Å². The number of halogens is 3. The van der Waals surface area contributed by atoms with E-state index in [4.69, 9.17) is 34.8 Å². The minimum absolute atomic E-state index is 0.150. The summed E-state index contributed by atoms with van der Waals surface area (Å²) in [6.07, 6.45) is 0.775. The van der Waals surface area contributed by atoms with E-state index in [1.54, 1.807) is 0 Å². The Bertz CT molecular complexity index is 437. The van der Waals surface area contributed by atoms with Crippen LogP contribution in [0.5, 0.6) is 0 Å². The molecule has 0 aliphatic rings. The highest BCUT2D eigenvalue weighted by atomic mass is 35.6. The minimum atomic E-state index is -3.92.